The molecule has 0 unspecified atom stereocenters. The molecule has 0 nitrogen and oxygen atoms in total. The van der Waals surface area contributed by atoms with Crippen LogP contribution in [0, 0.1) is 0 Å². The van der Waals surface area contributed by atoms with Crippen molar-refractivity contribution < 1.29 is 4.39 Å². The topological polar surface area (TPSA) is 0 Å². The van der Waals surface area contributed by atoms with Gasteiger partial charge in [-0.05, 0) is 52.9 Å². The SMILES string of the molecule is C/C(=C(/F)c1ccccc1)c1ccc2c(c1)C(C)(C)CCC2(C)C. The molecule has 0 N–H and O–H groups in total. The van der Waals surface area contributed by atoms with Crippen LogP contribution in [0.5, 0.6) is 0 Å². The Morgan fingerprint density at radius 3 is 2.00 bits per heavy atom. The first-order valence-corrected chi connectivity index (χ1v) is 8.79. The fourth-order valence-corrected chi connectivity index (χ4v) is 3.75. The second-order valence-corrected chi connectivity index (χ2v) is 8.33. The van der Waals surface area contributed by atoms with E-state index in [1.165, 1.54) is 24.0 Å². The highest BCUT2D eigenvalue weighted by Gasteiger charge is 2.37. The lowest BCUT2D eigenvalue weighted by Gasteiger charge is -2.42. The van der Waals surface area contributed by atoms with Gasteiger partial charge >= 0.3 is 0 Å². The summed E-state index contributed by atoms with van der Waals surface area (Å²) < 4.78 is 14.9. The number of hydrogen-bond donors (Lipinski definition) is 0. The Morgan fingerprint density at radius 2 is 1.38 bits per heavy atom. The Hall–Kier alpha value is -1.89. The largest absolute Gasteiger partial charge is 0.206 e. The first-order valence-electron chi connectivity index (χ1n) is 8.79. The second-order valence-electron chi connectivity index (χ2n) is 8.33. The first-order chi connectivity index (χ1) is 11.2. The normalized spacial score (nSPS) is 19.4. The molecule has 1 heteroatoms. The highest BCUT2D eigenvalue weighted by molar-refractivity contribution is 5.86. The van der Waals surface area contributed by atoms with Gasteiger partial charge in [0.25, 0.3) is 0 Å². The van der Waals surface area contributed by atoms with Crippen LogP contribution in [0.2, 0.25) is 0 Å². The number of allylic oxidation sites excluding steroid dienone is 1. The lowest BCUT2D eigenvalue weighted by atomic mass is 9.63. The van der Waals surface area contributed by atoms with Crippen molar-refractivity contribution in [2.24, 2.45) is 0 Å². The Balaban J connectivity index is 2.12. The van der Waals surface area contributed by atoms with Crippen LogP contribution < -0.4 is 0 Å². The van der Waals surface area contributed by atoms with Crippen molar-refractivity contribution >= 4 is 11.4 Å². The summed E-state index contributed by atoms with van der Waals surface area (Å²) in [5.74, 6) is -0.136. The zero-order valence-corrected chi connectivity index (χ0v) is 15.4. The number of rotatable bonds is 2. The third-order valence-electron chi connectivity index (χ3n) is 5.64. The Labute approximate surface area is 145 Å². The molecule has 0 aromatic heterocycles. The molecular formula is C23H27F. The van der Waals surface area contributed by atoms with Crippen molar-refractivity contribution in [2.75, 3.05) is 0 Å². The van der Waals surface area contributed by atoms with E-state index in [9.17, 15) is 4.39 Å². The highest BCUT2D eigenvalue weighted by Crippen LogP contribution is 2.46. The molecular weight excluding hydrogens is 295 g/mol. The van der Waals surface area contributed by atoms with E-state index in [2.05, 4.69) is 45.9 Å². The molecule has 126 valence electrons. The summed E-state index contributed by atoms with van der Waals surface area (Å²) in [6.07, 6.45) is 2.36. The second kappa shape index (κ2) is 5.88. The average Bonchev–Trinajstić information content (AvgIpc) is 2.58. The Morgan fingerprint density at radius 1 is 0.792 bits per heavy atom. The molecule has 0 aliphatic heterocycles. The molecule has 0 bridgehead atoms. The third kappa shape index (κ3) is 2.92. The van der Waals surface area contributed by atoms with Crippen LogP contribution in [-0.2, 0) is 10.8 Å². The standard InChI is InChI=1S/C23H27F/c1-16(21(24)17-9-7-6-8-10-17)18-11-12-19-20(15-18)23(4,5)14-13-22(19,2)3/h6-12,15H,13-14H2,1-5H3/b21-16-. The van der Waals surface area contributed by atoms with Crippen molar-refractivity contribution in [3.8, 4) is 0 Å². The molecule has 1 aliphatic carbocycles. The van der Waals surface area contributed by atoms with E-state index in [1.807, 2.05) is 37.3 Å². The summed E-state index contributed by atoms with van der Waals surface area (Å²) in [4.78, 5) is 0. The molecule has 0 heterocycles. The van der Waals surface area contributed by atoms with Crippen molar-refractivity contribution in [3.05, 3.63) is 70.8 Å². The Kier molecular flexibility index (Phi) is 4.15. The maximum atomic E-state index is 14.9. The molecule has 3 rings (SSSR count). The van der Waals surface area contributed by atoms with Gasteiger partial charge in [0.1, 0.15) is 5.83 Å². The lowest BCUT2D eigenvalue weighted by Crippen LogP contribution is -2.33. The molecule has 0 spiro atoms. The van der Waals surface area contributed by atoms with E-state index in [4.69, 9.17) is 0 Å². The van der Waals surface area contributed by atoms with Crippen molar-refractivity contribution in [3.63, 3.8) is 0 Å². The van der Waals surface area contributed by atoms with Crippen molar-refractivity contribution in [1.82, 2.24) is 0 Å². The van der Waals surface area contributed by atoms with E-state index in [0.717, 1.165) is 5.56 Å². The van der Waals surface area contributed by atoms with Crippen molar-refractivity contribution in [1.29, 1.82) is 0 Å². The predicted molar refractivity (Wildman–Crippen MR) is 102 cm³/mol. The van der Waals surface area contributed by atoms with Crippen LogP contribution in [0.4, 0.5) is 4.39 Å². The summed E-state index contributed by atoms with van der Waals surface area (Å²) in [6.45, 7) is 11.1. The minimum Gasteiger partial charge on any atom is -0.206 e. The van der Waals surface area contributed by atoms with E-state index >= 15 is 0 Å². The summed E-state index contributed by atoms with van der Waals surface area (Å²) in [5, 5.41) is 0. The van der Waals surface area contributed by atoms with E-state index in [1.54, 1.807) is 0 Å². The number of halogens is 1. The zero-order valence-electron chi connectivity index (χ0n) is 15.4. The molecule has 0 saturated heterocycles. The van der Waals surface area contributed by atoms with Gasteiger partial charge in [0.15, 0.2) is 0 Å². The van der Waals surface area contributed by atoms with Crippen LogP contribution >= 0.6 is 0 Å². The van der Waals surface area contributed by atoms with Gasteiger partial charge in [-0.2, -0.15) is 0 Å². The van der Waals surface area contributed by atoms with Gasteiger partial charge in [-0.25, -0.2) is 4.39 Å². The molecule has 0 amide bonds. The Bertz CT molecular complexity index is 779. The van der Waals surface area contributed by atoms with Gasteiger partial charge in [0.05, 0.1) is 0 Å². The monoisotopic (exact) mass is 322 g/mol. The summed E-state index contributed by atoms with van der Waals surface area (Å²) in [5.41, 5.74) is 5.46. The summed E-state index contributed by atoms with van der Waals surface area (Å²) in [7, 11) is 0. The van der Waals surface area contributed by atoms with Gasteiger partial charge in [0.2, 0.25) is 0 Å². The van der Waals surface area contributed by atoms with Gasteiger partial charge < -0.3 is 0 Å². The highest BCUT2D eigenvalue weighted by atomic mass is 19.1. The van der Waals surface area contributed by atoms with E-state index < -0.39 is 0 Å². The molecule has 2 aromatic rings. The summed E-state index contributed by atoms with van der Waals surface area (Å²) >= 11 is 0. The van der Waals surface area contributed by atoms with Crippen LogP contribution in [0.3, 0.4) is 0 Å². The molecule has 0 radical (unpaired) electrons. The maximum absolute atomic E-state index is 14.9. The average molecular weight is 322 g/mol. The van der Waals surface area contributed by atoms with Gasteiger partial charge in [-0.15, -0.1) is 0 Å². The molecule has 0 saturated carbocycles. The first kappa shape index (κ1) is 17.0. The fraction of sp³-hybridized carbons (Fsp3) is 0.391. The number of fused-ring (bicyclic) bond motifs is 1. The van der Waals surface area contributed by atoms with Crippen LogP contribution in [-0.4, -0.2) is 0 Å². The minimum atomic E-state index is -0.136. The number of benzene rings is 2. The van der Waals surface area contributed by atoms with Gasteiger partial charge in [-0.3, -0.25) is 0 Å². The molecule has 0 fully saturated rings. The smallest absolute Gasteiger partial charge is 0.133 e. The fourth-order valence-electron chi connectivity index (χ4n) is 3.75. The quantitative estimate of drug-likeness (QED) is 0.528. The maximum Gasteiger partial charge on any atom is 0.133 e. The third-order valence-corrected chi connectivity index (χ3v) is 5.64. The molecule has 0 atom stereocenters. The number of hydrogen-bond acceptors (Lipinski definition) is 0. The van der Waals surface area contributed by atoms with Gasteiger partial charge in [-0.1, -0.05) is 76.2 Å². The summed E-state index contributed by atoms with van der Waals surface area (Å²) in [6, 6.07) is 15.8. The van der Waals surface area contributed by atoms with E-state index in [0.29, 0.717) is 11.1 Å². The molecule has 1 aliphatic rings. The van der Waals surface area contributed by atoms with Gasteiger partial charge in [0, 0.05) is 5.56 Å². The van der Waals surface area contributed by atoms with Crippen LogP contribution in [0.15, 0.2) is 48.5 Å². The van der Waals surface area contributed by atoms with Crippen LogP contribution in [0.25, 0.3) is 11.4 Å². The predicted octanol–water partition coefficient (Wildman–Crippen LogP) is 6.89. The van der Waals surface area contributed by atoms with Crippen LogP contribution in [0.1, 0.15) is 69.7 Å². The minimum absolute atomic E-state index is 0.136. The van der Waals surface area contributed by atoms with E-state index in [-0.39, 0.29) is 16.7 Å². The zero-order chi connectivity index (χ0) is 17.5. The molecule has 24 heavy (non-hydrogen) atoms. The lowest BCUT2D eigenvalue weighted by molar-refractivity contribution is 0.332. The molecule has 2 aromatic carbocycles. The van der Waals surface area contributed by atoms with Crippen molar-refractivity contribution in [2.45, 2.75) is 58.3 Å².